The van der Waals surface area contributed by atoms with Gasteiger partial charge >= 0.3 is 0 Å². The maximum absolute atomic E-state index is 13.0. The van der Waals surface area contributed by atoms with Gasteiger partial charge in [-0.3, -0.25) is 4.79 Å². The minimum absolute atomic E-state index is 0.238. The highest BCUT2D eigenvalue weighted by Crippen LogP contribution is 2.31. The molecule has 2 heterocycles. The van der Waals surface area contributed by atoms with Crippen molar-refractivity contribution in [3.63, 3.8) is 0 Å². The summed E-state index contributed by atoms with van der Waals surface area (Å²) in [5.74, 6) is 0.00472. The molecule has 0 aliphatic carbocycles. The highest BCUT2D eigenvalue weighted by Gasteiger charge is 2.32. The summed E-state index contributed by atoms with van der Waals surface area (Å²) >= 11 is 6.18. The first kappa shape index (κ1) is 19.9. The van der Waals surface area contributed by atoms with Crippen molar-refractivity contribution in [2.24, 2.45) is 0 Å². The fraction of sp³-hybridized carbons (Fsp3) is 0.286. The highest BCUT2D eigenvalue weighted by atomic mass is 35.5. The smallest absolute Gasteiger partial charge is 0.289 e. The van der Waals surface area contributed by atoms with Crippen molar-refractivity contribution in [3.8, 4) is 0 Å². The van der Waals surface area contributed by atoms with Crippen LogP contribution in [0.3, 0.4) is 0 Å². The fourth-order valence-corrected chi connectivity index (χ4v) is 5.18. The molecule has 152 valence electrons. The Hall–Kier alpha value is -2.35. The van der Waals surface area contributed by atoms with Crippen molar-refractivity contribution in [3.05, 3.63) is 64.4 Å². The highest BCUT2D eigenvalue weighted by molar-refractivity contribution is 7.89. The van der Waals surface area contributed by atoms with Crippen LogP contribution in [0.4, 0.5) is 0 Å². The summed E-state index contributed by atoms with van der Waals surface area (Å²) < 4.78 is 32.9. The van der Waals surface area contributed by atoms with Gasteiger partial charge in [0, 0.05) is 37.1 Å². The van der Waals surface area contributed by atoms with Gasteiger partial charge in [0.05, 0.1) is 9.92 Å². The molecule has 1 saturated heterocycles. The number of para-hydroxylation sites is 1. The second-order valence-electron chi connectivity index (χ2n) is 7.18. The predicted octanol–water partition coefficient (Wildman–Crippen LogP) is 3.85. The van der Waals surface area contributed by atoms with Gasteiger partial charge in [0.15, 0.2) is 11.3 Å². The number of hydrogen-bond donors (Lipinski definition) is 0. The Balaban J connectivity index is 1.51. The first-order chi connectivity index (χ1) is 13.8. The molecule has 2 aromatic carbocycles. The number of nitrogens with zero attached hydrogens (tertiary/aromatic N) is 2. The van der Waals surface area contributed by atoms with Gasteiger partial charge in [0.2, 0.25) is 10.0 Å². The molecule has 0 bridgehead atoms. The number of amides is 1. The monoisotopic (exact) mass is 432 g/mol. The SMILES string of the molecule is Cc1ccc(S(=O)(=O)N2CCN(C(=O)c3oc4c(Cl)cccc4c3C)CC2)cc1. The van der Waals surface area contributed by atoms with Gasteiger partial charge in [-0.05, 0) is 32.0 Å². The second kappa shape index (κ2) is 7.48. The van der Waals surface area contributed by atoms with E-state index in [0.29, 0.717) is 23.7 Å². The topological polar surface area (TPSA) is 70.8 Å². The molecule has 8 heteroatoms. The molecule has 3 aromatic rings. The summed E-state index contributed by atoms with van der Waals surface area (Å²) in [6, 6.07) is 12.2. The van der Waals surface area contributed by atoms with Crippen molar-refractivity contribution < 1.29 is 17.6 Å². The summed E-state index contributed by atoms with van der Waals surface area (Å²) in [6.07, 6.45) is 0. The van der Waals surface area contributed by atoms with Crippen molar-refractivity contribution in [1.29, 1.82) is 0 Å². The third kappa shape index (κ3) is 3.54. The van der Waals surface area contributed by atoms with Crippen LogP contribution in [0.25, 0.3) is 11.0 Å². The van der Waals surface area contributed by atoms with E-state index in [4.69, 9.17) is 16.0 Å². The lowest BCUT2D eigenvalue weighted by Gasteiger charge is -2.33. The Labute approximate surface area is 174 Å². The molecule has 0 spiro atoms. The van der Waals surface area contributed by atoms with Crippen molar-refractivity contribution in [2.75, 3.05) is 26.2 Å². The molecular weight excluding hydrogens is 412 g/mol. The zero-order valence-electron chi connectivity index (χ0n) is 16.2. The van der Waals surface area contributed by atoms with Gasteiger partial charge in [0.1, 0.15) is 0 Å². The molecular formula is C21H21ClN2O4S. The second-order valence-corrected chi connectivity index (χ2v) is 9.53. The van der Waals surface area contributed by atoms with E-state index in [2.05, 4.69) is 0 Å². The number of aryl methyl sites for hydroxylation is 2. The third-order valence-corrected chi connectivity index (χ3v) is 7.51. The van der Waals surface area contributed by atoms with E-state index in [9.17, 15) is 13.2 Å². The molecule has 1 fully saturated rings. The van der Waals surface area contributed by atoms with Crippen molar-refractivity contribution >= 4 is 38.5 Å². The molecule has 1 aliphatic heterocycles. The maximum atomic E-state index is 13.0. The van der Waals surface area contributed by atoms with E-state index in [1.165, 1.54) is 4.31 Å². The minimum atomic E-state index is -3.57. The van der Waals surface area contributed by atoms with Crippen LogP contribution in [0.15, 0.2) is 51.8 Å². The summed E-state index contributed by atoms with van der Waals surface area (Å²) in [5.41, 5.74) is 2.23. The van der Waals surface area contributed by atoms with E-state index in [0.717, 1.165) is 16.5 Å². The van der Waals surface area contributed by atoms with E-state index < -0.39 is 10.0 Å². The zero-order valence-corrected chi connectivity index (χ0v) is 17.8. The summed E-state index contributed by atoms with van der Waals surface area (Å²) in [5, 5.41) is 1.26. The lowest BCUT2D eigenvalue weighted by Crippen LogP contribution is -2.50. The van der Waals surface area contributed by atoms with Crippen LogP contribution in [-0.4, -0.2) is 49.7 Å². The molecule has 29 heavy (non-hydrogen) atoms. The van der Waals surface area contributed by atoms with Crippen LogP contribution in [0.5, 0.6) is 0 Å². The largest absolute Gasteiger partial charge is 0.449 e. The van der Waals surface area contributed by atoms with Crippen molar-refractivity contribution in [2.45, 2.75) is 18.7 Å². The van der Waals surface area contributed by atoms with E-state index in [-0.39, 0.29) is 29.7 Å². The number of rotatable bonds is 3. The molecule has 6 nitrogen and oxygen atoms in total. The van der Waals surface area contributed by atoms with Gasteiger partial charge in [-0.2, -0.15) is 4.31 Å². The van der Waals surface area contributed by atoms with Crippen molar-refractivity contribution in [1.82, 2.24) is 9.21 Å². The van der Waals surface area contributed by atoms with Gasteiger partial charge in [0.25, 0.3) is 5.91 Å². The standard InChI is InChI=1S/C21H21ClN2O4S/c1-14-6-8-16(9-7-14)29(26,27)24-12-10-23(11-13-24)21(25)19-15(2)17-4-3-5-18(22)20(17)28-19/h3-9H,10-13H2,1-2H3. The summed E-state index contributed by atoms with van der Waals surface area (Å²) in [7, 11) is -3.57. The van der Waals surface area contributed by atoms with Gasteiger partial charge in [-0.15, -0.1) is 0 Å². The van der Waals surface area contributed by atoms with Crippen LogP contribution in [0.2, 0.25) is 5.02 Å². The number of carbonyl (C=O) groups excluding carboxylic acids is 1. The molecule has 1 aliphatic rings. The Kier molecular flexibility index (Phi) is 5.14. The lowest BCUT2D eigenvalue weighted by atomic mass is 10.1. The number of fused-ring (bicyclic) bond motifs is 1. The molecule has 0 radical (unpaired) electrons. The molecule has 0 unspecified atom stereocenters. The first-order valence-electron chi connectivity index (χ1n) is 9.33. The molecule has 0 N–H and O–H groups in total. The van der Waals surface area contributed by atoms with Gasteiger partial charge in [-0.1, -0.05) is 41.4 Å². The number of hydrogen-bond acceptors (Lipinski definition) is 4. The van der Waals surface area contributed by atoms with Gasteiger partial charge in [-0.25, -0.2) is 8.42 Å². The number of sulfonamides is 1. The van der Waals surface area contributed by atoms with E-state index in [1.807, 2.05) is 26.0 Å². The number of halogens is 1. The zero-order chi connectivity index (χ0) is 20.8. The lowest BCUT2D eigenvalue weighted by molar-refractivity contribution is 0.0667. The quantitative estimate of drug-likeness (QED) is 0.630. The summed E-state index contributed by atoms with van der Waals surface area (Å²) in [4.78, 5) is 14.9. The molecule has 4 rings (SSSR count). The maximum Gasteiger partial charge on any atom is 0.289 e. The molecule has 1 amide bonds. The number of furan rings is 1. The fourth-order valence-electron chi connectivity index (χ4n) is 3.55. The molecule has 1 aromatic heterocycles. The molecule has 0 saturated carbocycles. The van der Waals surface area contributed by atoms with Crippen LogP contribution in [0, 0.1) is 13.8 Å². The Morgan fingerprint density at radius 2 is 1.66 bits per heavy atom. The minimum Gasteiger partial charge on any atom is -0.449 e. The van der Waals surface area contributed by atoms with E-state index in [1.54, 1.807) is 35.2 Å². The predicted molar refractivity (Wildman–Crippen MR) is 112 cm³/mol. The van der Waals surface area contributed by atoms with Crippen LogP contribution < -0.4 is 0 Å². The average Bonchev–Trinajstić information content (AvgIpc) is 3.06. The first-order valence-corrected chi connectivity index (χ1v) is 11.1. The van der Waals surface area contributed by atoms with Gasteiger partial charge < -0.3 is 9.32 Å². The summed E-state index contributed by atoms with van der Waals surface area (Å²) in [6.45, 7) is 4.81. The molecule has 0 atom stereocenters. The Bertz CT molecular complexity index is 1180. The third-order valence-electron chi connectivity index (χ3n) is 5.29. The van der Waals surface area contributed by atoms with E-state index >= 15 is 0 Å². The number of benzene rings is 2. The van der Waals surface area contributed by atoms with Crippen LogP contribution in [0.1, 0.15) is 21.7 Å². The normalized spacial score (nSPS) is 15.8. The number of carbonyl (C=O) groups is 1. The number of piperazine rings is 1. The van der Waals surface area contributed by atoms with Crippen LogP contribution in [-0.2, 0) is 10.0 Å². The Morgan fingerprint density at radius 1 is 1.00 bits per heavy atom. The Morgan fingerprint density at radius 3 is 2.28 bits per heavy atom. The van der Waals surface area contributed by atoms with Crippen LogP contribution >= 0.6 is 11.6 Å². The average molecular weight is 433 g/mol.